The van der Waals surface area contributed by atoms with E-state index in [1.807, 2.05) is 13.0 Å². The van der Waals surface area contributed by atoms with Gasteiger partial charge in [0.05, 0.1) is 63.2 Å². The molecule has 1 aliphatic carbocycles. The number of rotatable bonds is 5. The molecule has 3 N–H and O–H groups in total. The molecule has 9 rings (SSSR count). The smallest absolute Gasteiger partial charge is 0.276 e. The molecule has 5 saturated heterocycles. The van der Waals surface area contributed by atoms with Crippen molar-refractivity contribution in [2.45, 2.75) is 93.0 Å². The second kappa shape index (κ2) is 10.2. The van der Waals surface area contributed by atoms with Crippen LogP contribution >= 0.6 is 0 Å². The number of ketones is 1. The van der Waals surface area contributed by atoms with Crippen LogP contribution in [0.3, 0.4) is 0 Å². The molecule has 6 unspecified atom stereocenters. The Hall–Kier alpha value is -2.59. The second-order valence-corrected chi connectivity index (χ2v) is 13.4. The van der Waals surface area contributed by atoms with Crippen molar-refractivity contribution in [1.82, 2.24) is 0 Å². The molecule has 5 fully saturated rings. The fraction of sp³-hybridized carbons (Fsp3) is 0.667. The quantitative estimate of drug-likeness (QED) is 0.459. The fourth-order valence-electron chi connectivity index (χ4n) is 8.79. The summed E-state index contributed by atoms with van der Waals surface area (Å²) in [6.07, 6.45) is -0.711. The Kier molecular flexibility index (Phi) is 6.55. The zero-order valence-electron chi connectivity index (χ0n) is 26.1. The molecule has 8 atom stereocenters. The molecule has 0 amide bonds. The number of phenolic OH excluding ortho intramolecular Hbond substituents is 1. The third kappa shape index (κ3) is 3.63. The number of aryl methyl sites for hydroxylation is 1. The summed E-state index contributed by atoms with van der Waals surface area (Å²) in [7, 11) is 3.19. The Bertz CT molecular complexity index is 1620. The number of carbonyl (C=O) groups is 1. The summed E-state index contributed by atoms with van der Waals surface area (Å²) in [5.74, 6) is -1.05. The fourth-order valence-corrected chi connectivity index (χ4v) is 8.79. The average molecular weight is 642 g/mol. The van der Waals surface area contributed by atoms with Crippen LogP contribution in [0.25, 0.3) is 10.8 Å². The minimum absolute atomic E-state index is 0.0826. The van der Waals surface area contributed by atoms with E-state index in [1.165, 1.54) is 0 Å². The van der Waals surface area contributed by atoms with Crippen LogP contribution in [0, 0.1) is 6.92 Å². The van der Waals surface area contributed by atoms with Gasteiger partial charge < -0.3 is 58.2 Å². The molecule has 13 nitrogen and oxygen atoms in total. The lowest BCUT2D eigenvalue weighted by Gasteiger charge is -2.47. The number of hydrogen-bond acceptors (Lipinski definition) is 13. The molecular formula is C33H39NO12. The van der Waals surface area contributed by atoms with Crippen LogP contribution in [0.4, 0.5) is 0 Å². The summed E-state index contributed by atoms with van der Waals surface area (Å²) in [6.45, 7) is 3.45. The minimum Gasteiger partial charge on any atom is -0.506 e. The van der Waals surface area contributed by atoms with Crippen molar-refractivity contribution < 1.29 is 57.3 Å². The van der Waals surface area contributed by atoms with Gasteiger partial charge in [-0.25, -0.2) is 0 Å². The highest BCUT2D eigenvalue weighted by Crippen LogP contribution is 2.69. The number of fused-ring (bicyclic) bond motifs is 8. The summed E-state index contributed by atoms with van der Waals surface area (Å²) in [4.78, 5) is 13.3. The van der Waals surface area contributed by atoms with E-state index < -0.39 is 41.8 Å². The maximum atomic E-state index is 13.3. The zero-order chi connectivity index (χ0) is 31.6. The number of aromatic hydroxyl groups is 1. The largest absolute Gasteiger partial charge is 0.506 e. The maximum absolute atomic E-state index is 13.3. The highest BCUT2D eigenvalue weighted by Gasteiger charge is 2.90. The van der Waals surface area contributed by atoms with E-state index in [1.54, 1.807) is 14.2 Å². The molecular weight excluding hydrogens is 602 g/mol. The predicted molar refractivity (Wildman–Crippen MR) is 157 cm³/mol. The van der Waals surface area contributed by atoms with Gasteiger partial charge in [-0.1, -0.05) is 0 Å². The van der Waals surface area contributed by atoms with Gasteiger partial charge in [0.2, 0.25) is 0 Å². The van der Waals surface area contributed by atoms with Gasteiger partial charge in [0.15, 0.2) is 35.7 Å². The average Bonchev–Trinajstić information content (AvgIpc) is 3.86. The monoisotopic (exact) mass is 641 g/mol. The lowest BCUT2D eigenvalue weighted by molar-refractivity contribution is -0.343. The normalized spacial score (nSPS) is 39.7. The van der Waals surface area contributed by atoms with Crippen LogP contribution in [0.1, 0.15) is 58.8 Å². The topological polar surface area (TPSA) is 159 Å². The Morgan fingerprint density at radius 3 is 2.61 bits per heavy atom. The third-order valence-corrected chi connectivity index (χ3v) is 11.0. The number of benzene rings is 2. The van der Waals surface area contributed by atoms with E-state index in [0.717, 1.165) is 12.0 Å². The van der Waals surface area contributed by atoms with Crippen LogP contribution in [0.15, 0.2) is 6.07 Å². The number of ether oxygens (including phenoxy) is 10. The van der Waals surface area contributed by atoms with E-state index in [9.17, 15) is 9.90 Å². The molecule has 1 spiro atoms. The van der Waals surface area contributed by atoms with Gasteiger partial charge in [-0.15, -0.1) is 0 Å². The first-order valence-electron chi connectivity index (χ1n) is 16.1. The molecule has 13 heteroatoms. The Morgan fingerprint density at radius 1 is 1.07 bits per heavy atom. The van der Waals surface area contributed by atoms with Crippen molar-refractivity contribution in [2.24, 2.45) is 5.73 Å². The van der Waals surface area contributed by atoms with Gasteiger partial charge in [-0.2, -0.15) is 0 Å². The number of epoxide rings is 1. The van der Waals surface area contributed by atoms with Crippen LogP contribution in [0.2, 0.25) is 0 Å². The summed E-state index contributed by atoms with van der Waals surface area (Å²) in [5.41, 5.74) is 6.34. The van der Waals surface area contributed by atoms with E-state index in [2.05, 4.69) is 0 Å². The molecule has 6 heterocycles. The van der Waals surface area contributed by atoms with Gasteiger partial charge in [-0.3, -0.25) is 4.79 Å². The van der Waals surface area contributed by atoms with E-state index in [-0.39, 0.29) is 49.1 Å². The highest BCUT2D eigenvalue weighted by molar-refractivity contribution is 6.11. The first-order chi connectivity index (χ1) is 22.3. The first-order valence-corrected chi connectivity index (χ1v) is 16.1. The van der Waals surface area contributed by atoms with Crippen LogP contribution < -0.4 is 15.2 Å². The van der Waals surface area contributed by atoms with Crippen molar-refractivity contribution in [3.05, 3.63) is 28.3 Å². The summed E-state index contributed by atoms with van der Waals surface area (Å²) in [6, 6.07) is 1.63. The highest BCUT2D eigenvalue weighted by atomic mass is 16.8. The van der Waals surface area contributed by atoms with Crippen molar-refractivity contribution in [3.8, 4) is 17.2 Å². The van der Waals surface area contributed by atoms with E-state index >= 15 is 0 Å². The molecule has 6 aliphatic heterocycles. The molecule has 2 aromatic carbocycles. The van der Waals surface area contributed by atoms with E-state index in [0.29, 0.717) is 72.3 Å². The number of carbonyl (C=O) groups excluding carboxylic acids is 1. The van der Waals surface area contributed by atoms with Crippen molar-refractivity contribution in [3.63, 3.8) is 0 Å². The maximum Gasteiger partial charge on any atom is 0.276 e. The minimum atomic E-state index is -1.63. The summed E-state index contributed by atoms with van der Waals surface area (Å²) >= 11 is 0. The van der Waals surface area contributed by atoms with Gasteiger partial charge in [0, 0.05) is 36.5 Å². The molecule has 0 saturated carbocycles. The predicted octanol–water partition coefficient (Wildman–Crippen LogP) is 2.32. The molecule has 46 heavy (non-hydrogen) atoms. The van der Waals surface area contributed by atoms with Gasteiger partial charge in [-0.05, 0) is 37.8 Å². The summed E-state index contributed by atoms with van der Waals surface area (Å²) < 4.78 is 64.3. The number of nitrogens with two attached hydrogens (primary N) is 1. The molecule has 0 aromatic heterocycles. The molecule has 2 bridgehead atoms. The number of phenols is 1. The Labute approximate surface area is 265 Å². The number of methoxy groups -OCH3 is 2. The SMILES string of the molecule is COc1c2c(c(O)c3c4c(c(C)cc13)C1OCC3(C5OCCCO5)OC1[C@@](OC1CC(OC)C(N)CO1)(O4)[C@@]31CO1)C(=O)CCC2. The van der Waals surface area contributed by atoms with Crippen LogP contribution in [0.5, 0.6) is 17.2 Å². The zero-order valence-corrected chi connectivity index (χ0v) is 26.1. The Morgan fingerprint density at radius 2 is 1.87 bits per heavy atom. The van der Waals surface area contributed by atoms with Crippen LogP contribution in [-0.4, -0.2) is 106 Å². The Balaban J connectivity index is 1.27. The van der Waals surface area contributed by atoms with Crippen LogP contribution in [-0.2, 0) is 44.3 Å². The van der Waals surface area contributed by atoms with Crippen molar-refractivity contribution in [1.29, 1.82) is 0 Å². The van der Waals surface area contributed by atoms with Gasteiger partial charge in [0.25, 0.3) is 5.79 Å². The summed E-state index contributed by atoms with van der Waals surface area (Å²) in [5, 5.41) is 12.9. The molecule has 0 radical (unpaired) electrons. The molecule has 7 aliphatic rings. The van der Waals surface area contributed by atoms with Gasteiger partial charge >= 0.3 is 0 Å². The van der Waals surface area contributed by atoms with Crippen molar-refractivity contribution >= 4 is 16.6 Å². The lowest BCUT2D eigenvalue weighted by Crippen LogP contribution is -2.67. The van der Waals surface area contributed by atoms with E-state index in [4.69, 9.17) is 53.1 Å². The molecule has 248 valence electrons. The standard InChI is InChI=1S/C33H39NO12/c1-15-10-17-24(25(36)23-16(26(17)38-3)6-4-7-19(23)35)27-22(15)28-29-33(45-27,44-21-11-20(37-2)18(34)12-41-21)32(14-43-32)31(46-29,13-42-28)30-39-8-5-9-40-30/h10,18,20-21,28-30,36H,4-9,11-14,34H2,1-3H3/t18?,20?,21?,28?,29?,31?,32-,33-/m1/s1. The van der Waals surface area contributed by atoms with Gasteiger partial charge in [0.1, 0.15) is 23.4 Å². The molecule has 2 aromatic rings. The van der Waals surface area contributed by atoms with Crippen molar-refractivity contribution in [2.75, 3.05) is 47.3 Å². The lowest BCUT2D eigenvalue weighted by atomic mass is 9.79. The number of hydrogen-bond donors (Lipinski definition) is 2. The second-order valence-electron chi connectivity index (χ2n) is 13.4. The number of Topliss-reactive ketones (excluding diaryl/α,β-unsaturated/α-hetero) is 1. The third-order valence-electron chi connectivity index (χ3n) is 11.0. The first kappa shape index (κ1) is 29.5.